The number of allylic oxidation sites excluding steroid dienone is 2. The van der Waals surface area contributed by atoms with Crippen LogP contribution in [0.5, 0.6) is 0 Å². The topological polar surface area (TPSA) is 62.3 Å². The number of anilines is 1. The zero-order valence-corrected chi connectivity index (χ0v) is 20.3. The minimum absolute atomic E-state index is 0.142. The van der Waals surface area contributed by atoms with E-state index in [9.17, 15) is 9.59 Å². The Morgan fingerprint density at radius 3 is 2.67 bits per heavy atom. The molecule has 1 N–H and O–H groups in total. The lowest BCUT2D eigenvalue weighted by Gasteiger charge is -2.13. The quantitative estimate of drug-likeness (QED) is 0.352. The summed E-state index contributed by atoms with van der Waals surface area (Å²) in [6, 6.07) is 18.1. The van der Waals surface area contributed by atoms with E-state index < -0.39 is 0 Å². The fraction of sp³-hybridized carbons (Fsp3) is 0.120. The van der Waals surface area contributed by atoms with Crippen LogP contribution in [0.3, 0.4) is 0 Å². The number of aryl methyl sites for hydroxylation is 1. The van der Waals surface area contributed by atoms with Gasteiger partial charge in [0.15, 0.2) is 5.13 Å². The summed E-state index contributed by atoms with van der Waals surface area (Å²) in [7, 11) is 0. The van der Waals surface area contributed by atoms with Crippen molar-refractivity contribution in [1.82, 2.24) is 9.88 Å². The van der Waals surface area contributed by atoms with E-state index in [1.165, 1.54) is 39.1 Å². The van der Waals surface area contributed by atoms with Gasteiger partial charge >= 0.3 is 0 Å². The van der Waals surface area contributed by atoms with Crippen molar-refractivity contribution in [3.8, 4) is 0 Å². The van der Waals surface area contributed by atoms with E-state index in [1.807, 2.05) is 42.5 Å². The normalized spacial score (nSPS) is 15.1. The van der Waals surface area contributed by atoms with Gasteiger partial charge in [-0.25, -0.2) is 4.98 Å². The van der Waals surface area contributed by atoms with Crippen molar-refractivity contribution < 1.29 is 9.59 Å². The summed E-state index contributed by atoms with van der Waals surface area (Å²) in [6.07, 6.45) is 7.97. The molecule has 3 aromatic rings. The molecule has 5 nitrogen and oxygen atoms in total. The summed E-state index contributed by atoms with van der Waals surface area (Å²) in [5.74, 6) is -0.597. The molecule has 1 aromatic heterocycles. The molecule has 0 bridgehead atoms. The van der Waals surface area contributed by atoms with Crippen LogP contribution in [0.25, 0.3) is 6.08 Å². The lowest BCUT2D eigenvalue weighted by Crippen LogP contribution is -2.36. The Kier molecular flexibility index (Phi) is 7.49. The maximum Gasteiger partial charge on any atom is 0.266 e. The first-order chi connectivity index (χ1) is 16.0. The number of thiocarbonyl (C=S) groups is 1. The van der Waals surface area contributed by atoms with E-state index in [1.54, 1.807) is 12.3 Å². The first-order valence-corrected chi connectivity index (χ1v) is 12.3. The van der Waals surface area contributed by atoms with Gasteiger partial charge in [-0.1, -0.05) is 96.3 Å². The second-order valence-corrected chi connectivity index (χ2v) is 10.2. The molecule has 1 fully saturated rings. The Hall–Kier alpha value is -3.07. The Morgan fingerprint density at radius 1 is 1.15 bits per heavy atom. The summed E-state index contributed by atoms with van der Waals surface area (Å²) in [6.45, 7) is 1.91. The van der Waals surface area contributed by atoms with Gasteiger partial charge < -0.3 is 5.32 Å². The van der Waals surface area contributed by atoms with E-state index >= 15 is 0 Å². The number of carbonyl (C=O) groups is 2. The summed E-state index contributed by atoms with van der Waals surface area (Å²) in [4.78, 5) is 32.4. The highest BCUT2D eigenvalue weighted by Gasteiger charge is 2.33. The minimum Gasteiger partial charge on any atom is -0.300 e. The van der Waals surface area contributed by atoms with Crippen LogP contribution in [0.4, 0.5) is 5.13 Å². The highest BCUT2D eigenvalue weighted by atomic mass is 32.2. The fourth-order valence-corrected chi connectivity index (χ4v) is 5.19. The average molecular weight is 492 g/mol. The van der Waals surface area contributed by atoms with Gasteiger partial charge in [-0.3, -0.25) is 14.5 Å². The molecule has 166 valence electrons. The maximum atomic E-state index is 12.7. The molecule has 0 atom stereocenters. The number of benzene rings is 2. The molecular weight excluding hydrogens is 470 g/mol. The third-order valence-corrected chi connectivity index (χ3v) is 7.12. The Labute approximate surface area is 206 Å². The van der Waals surface area contributed by atoms with Crippen LogP contribution in [-0.2, 0) is 16.0 Å². The Morgan fingerprint density at radius 2 is 1.91 bits per heavy atom. The molecule has 33 heavy (non-hydrogen) atoms. The van der Waals surface area contributed by atoms with Crippen LogP contribution in [-0.4, -0.2) is 32.6 Å². The second kappa shape index (κ2) is 10.7. The van der Waals surface area contributed by atoms with E-state index in [-0.39, 0.29) is 18.4 Å². The largest absolute Gasteiger partial charge is 0.300 e. The molecule has 0 unspecified atom stereocenters. The number of hydrogen-bond donors (Lipinski definition) is 1. The molecule has 2 amide bonds. The van der Waals surface area contributed by atoms with Gasteiger partial charge in [0.25, 0.3) is 5.91 Å². The van der Waals surface area contributed by atoms with E-state index in [2.05, 4.69) is 41.5 Å². The van der Waals surface area contributed by atoms with Gasteiger partial charge in [0.05, 0.1) is 4.91 Å². The maximum absolute atomic E-state index is 12.7. The van der Waals surface area contributed by atoms with Crippen LogP contribution in [0.15, 0.2) is 77.9 Å². The van der Waals surface area contributed by atoms with Gasteiger partial charge in [-0.05, 0) is 24.1 Å². The molecule has 0 aliphatic carbocycles. The lowest BCUT2D eigenvalue weighted by molar-refractivity contribution is -0.126. The van der Waals surface area contributed by atoms with Gasteiger partial charge in [0.1, 0.15) is 10.9 Å². The number of thioether (sulfide) groups is 1. The van der Waals surface area contributed by atoms with Gasteiger partial charge in [-0.15, -0.1) is 11.3 Å². The van der Waals surface area contributed by atoms with Crippen molar-refractivity contribution >= 4 is 62.7 Å². The van der Waals surface area contributed by atoms with Gasteiger partial charge in [0, 0.05) is 17.5 Å². The number of aromatic nitrogens is 1. The van der Waals surface area contributed by atoms with E-state index in [0.717, 1.165) is 16.9 Å². The summed E-state index contributed by atoms with van der Waals surface area (Å²) in [5, 5.41) is 3.29. The third-order valence-electron chi connectivity index (χ3n) is 4.81. The molecule has 1 saturated heterocycles. The number of amides is 2. The van der Waals surface area contributed by atoms with Crippen LogP contribution < -0.4 is 5.32 Å². The second-order valence-electron chi connectivity index (χ2n) is 7.40. The first-order valence-electron chi connectivity index (χ1n) is 10.2. The number of thiazole rings is 1. The summed E-state index contributed by atoms with van der Waals surface area (Å²) in [5.41, 5.74) is 3.44. The molecule has 2 aromatic carbocycles. The standard InChI is InChI=1S/C25H21N3O2S3/c1-17-10-12-19(13-11-17)14-20-15-26-24(32-20)27-22(29)16-28-23(30)21(33-25(28)31)9-5-8-18-6-3-2-4-7-18/h2-13,15H,14,16H2,1H3,(H,26,27,29). The molecule has 1 aliphatic rings. The van der Waals surface area contributed by atoms with Gasteiger partial charge in [0.2, 0.25) is 5.91 Å². The number of nitrogens with zero attached hydrogens (tertiary/aromatic N) is 2. The van der Waals surface area contributed by atoms with Crippen LogP contribution in [0, 0.1) is 6.92 Å². The molecule has 0 saturated carbocycles. The smallest absolute Gasteiger partial charge is 0.266 e. The third kappa shape index (κ3) is 6.25. The van der Waals surface area contributed by atoms with Gasteiger partial charge in [-0.2, -0.15) is 0 Å². The zero-order valence-electron chi connectivity index (χ0n) is 17.9. The predicted molar refractivity (Wildman–Crippen MR) is 140 cm³/mol. The van der Waals surface area contributed by atoms with Crippen molar-refractivity contribution in [3.63, 3.8) is 0 Å². The van der Waals surface area contributed by atoms with E-state index in [0.29, 0.717) is 14.4 Å². The minimum atomic E-state index is -0.330. The number of hydrogen-bond acceptors (Lipinski definition) is 6. The number of carbonyl (C=O) groups excluding carboxylic acids is 2. The summed E-state index contributed by atoms with van der Waals surface area (Å²) < 4.78 is 0.369. The van der Waals surface area contributed by atoms with Crippen LogP contribution in [0.1, 0.15) is 21.6 Å². The van der Waals surface area contributed by atoms with Crippen molar-refractivity contribution in [2.45, 2.75) is 13.3 Å². The zero-order chi connectivity index (χ0) is 23.2. The van der Waals surface area contributed by atoms with Crippen molar-refractivity contribution in [2.75, 3.05) is 11.9 Å². The van der Waals surface area contributed by atoms with Crippen LogP contribution in [0.2, 0.25) is 0 Å². The van der Waals surface area contributed by atoms with Crippen molar-refractivity contribution in [2.24, 2.45) is 0 Å². The number of nitrogens with one attached hydrogen (secondary N) is 1. The monoisotopic (exact) mass is 491 g/mol. The van der Waals surface area contributed by atoms with Crippen molar-refractivity contribution in [3.05, 3.63) is 99.4 Å². The molecule has 4 rings (SSSR count). The molecule has 1 aliphatic heterocycles. The lowest BCUT2D eigenvalue weighted by atomic mass is 10.1. The van der Waals surface area contributed by atoms with Crippen molar-refractivity contribution in [1.29, 1.82) is 0 Å². The molecule has 0 radical (unpaired) electrons. The summed E-state index contributed by atoms with van der Waals surface area (Å²) >= 11 is 7.94. The first kappa shape index (κ1) is 23.1. The molecule has 0 spiro atoms. The number of rotatable bonds is 7. The highest BCUT2D eigenvalue weighted by Crippen LogP contribution is 2.31. The van der Waals surface area contributed by atoms with Crippen LogP contribution >= 0.6 is 35.3 Å². The molecule has 2 heterocycles. The molecular formula is C25H21N3O2S3. The Bertz CT molecular complexity index is 1230. The highest BCUT2D eigenvalue weighted by molar-refractivity contribution is 8.26. The Balaban J connectivity index is 1.33. The average Bonchev–Trinajstić information content (AvgIpc) is 3.35. The SMILES string of the molecule is Cc1ccc(Cc2cnc(NC(=O)CN3C(=O)C(=CC=Cc4ccccc4)SC3=S)s2)cc1. The fourth-order valence-electron chi connectivity index (χ4n) is 3.12. The predicted octanol–water partition coefficient (Wildman–Crippen LogP) is 5.44. The van der Waals surface area contributed by atoms with E-state index in [4.69, 9.17) is 12.2 Å². The molecule has 8 heteroatoms.